The molecule has 1 aromatic heterocycles. The molecular weight excluding hydrogens is 264 g/mol. The Labute approximate surface area is 125 Å². The molecule has 1 aliphatic rings. The van der Waals surface area contributed by atoms with Crippen molar-refractivity contribution in [3.63, 3.8) is 0 Å². The fraction of sp³-hybridized carbons (Fsp3) is 0.412. The lowest BCUT2D eigenvalue weighted by Gasteiger charge is -2.26. The van der Waals surface area contributed by atoms with Crippen LogP contribution >= 0.6 is 0 Å². The molecule has 1 unspecified atom stereocenters. The molecule has 0 saturated carbocycles. The molecule has 21 heavy (non-hydrogen) atoms. The molecule has 1 aromatic carbocycles. The van der Waals surface area contributed by atoms with E-state index in [1.807, 2.05) is 24.3 Å². The summed E-state index contributed by atoms with van der Waals surface area (Å²) >= 11 is 0. The SMILES string of the molecule is CCCn1cccc1CNCC1COc2ccccc2O1. The minimum Gasteiger partial charge on any atom is -0.486 e. The first-order chi connectivity index (χ1) is 10.4. The molecule has 112 valence electrons. The molecule has 0 amide bonds. The number of nitrogens with one attached hydrogen (secondary N) is 1. The van der Waals surface area contributed by atoms with Crippen LogP contribution in [0.2, 0.25) is 0 Å². The Hall–Kier alpha value is -1.94. The highest BCUT2D eigenvalue weighted by molar-refractivity contribution is 5.40. The van der Waals surface area contributed by atoms with Crippen LogP contribution in [0, 0.1) is 0 Å². The highest BCUT2D eigenvalue weighted by Crippen LogP contribution is 2.30. The van der Waals surface area contributed by atoms with Crippen molar-refractivity contribution in [2.75, 3.05) is 13.2 Å². The van der Waals surface area contributed by atoms with Crippen LogP contribution in [0.15, 0.2) is 42.6 Å². The summed E-state index contributed by atoms with van der Waals surface area (Å²) in [6.07, 6.45) is 3.35. The minimum absolute atomic E-state index is 0.0643. The number of aromatic nitrogens is 1. The molecule has 2 heterocycles. The summed E-state index contributed by atoms with van der Waals surface area (Å²) in [5.74, 6) is 1.68. The summed E-state index contributed by atoms with van der Waals surface area (Å²) in [4.78, 5) is 0. The predicted octanol–water partition coefficient (Wildman–Crippen LogP) is 2.83. The van der Waals surface area contributed by atoms with Gasteiger partial charge in [-0.15, -0.1) is 0 Å². The maximum Gasteiger partial charge on any atom is 0.161 e. The van der Waals surface area contributed by atoms with Gasteiger partial charge < -0.3 is 19.4 Å². The van der Waals surface area contributed by atoms with E-state index in [4.69, 9.17) is 9.47 Å². The second kappa shape index (κ2) is 6.68. The Morgan fingerprint density at radius 2 is 2.05 bits per heavy atom. The van der Waals surface area contributed by atoms with Crippen LogP contribution in [0.1, 0.15) is 19.0 Å². The van der Waals surface area contributed by atoms with Gasteiger partial charge in [0.2, 0.25) is 0 Å². The van der Waals surface area contributed by atoms with Gasteiger partial charge in [-0.2, -0.15) is 0 Å². The molecule has 1 N–H and O–H groups in total. The first-order valence-electron chi connectivity index (χ1n) is 7.60. The fourth-order valence-corrected chi connectivity index (χ4v) is 2.59. The molecule has 0 spiro atoms. The van der Waals surface area contributed by atoms with Gasteiger partial charge in [-0.25, -0.2) is 0 Å². The Morgan fingerprint density at radius 1 is 1.19 bits per heavy atom. The van der Waals surface area contributed by atoms with Gasteiger partial charge in [0.15, 0.2) is 11.5 Å². The lowest BCUT2D eigenvalue weighted by Crippen LogP contribution is -2.38. The number of para-hydroxylation sites is 2. The summed E-state index contributed by atoms with van der Waals surface area (Å²) in [6.45, 7) is 5.50. The highest BCUT2D eigenvalue weighted by Gasteiger charge is 2.19. The van der Waals surface area contributed by atoms with Gasteiger partial charge in [0.05, 0.1) is 0 Å². The lowest BCUT2D eigenvalue weighted by atomic mass is 10.2. The highest BCUT2D eigenvalue weighted by atomic mass is 16.6. The Kier molecular flexibility index (Phi) is 4.46. The van der Waals surface area contributed by atoms with Crippen LogP contribution in [0.4, 0.5) is 0 Å². The van der Waals surface area contributed by atoms with Crippen molar-refractivity contribution in [1.82, 2.24) is 9.88 Å². The Bertz CT molecular complexity index is 580. The van der Waals surface area contributed by atoms with Gasteiger partial charge in [0, 0.05) is 31.5 Å². The lowest BCUT2D eigenvalue weighted by molar-refractivity contribution is 0.0901. The number of ether oxygens (including phenoxy) is 2. The third kappa shape index (κ3) is 3.39. The van der Waals surface area contributed by atoms with Crippen LogP contribution in [0.5, 0.6) is 11.5 Å². The van der Waals surface area contributed by atoms with Crippen molar-refractivity contribution in [1.29, 1.82) is 0 Å². The van der Waals surface area contributed by atoms with Gasteiger partial charge in [-0.3, -0.25) is 0 Å². The fourth-order valence-electron chi connectivity index (χ4n) is 2.59. The first-order valence-corrected chi connectivity index (χ1v) is 7.60. The quantitative estimate of drug-likeness (QED) is 0.887. The molecule has 2 aromatic rings. The maximum atomic E-state index is 5.93. The van der Waals surface area contributed by atoms with Crippen LogP contribution in [-0.2, 0) is 13.1 Å². The van der Waals surface area contributed by atoms with Crippen molar-refractivity contribution in [2.24, 2.45) is 0 Å². The summed E-state index contributed by atoms with van der Waals surface area (Å²) < 4.78 is 13.9. The molecule has 4 nitrogen and oxygen atoms in total. The number of rotatable bonds is 6. The predicted molar refractivity (Wildman–Crippen MR) is 82.8 cm³/mol. The van der Waals surface area contributed by atoms with E-state index in [0.717, 1.165) is 37.6 Å². The van der Waals surface area contributed by atoms with E-state index >= 15 is 0 Å². The zero-order valence-corrected chi connectivity index (χ0v) is 12.4. The minimum atomic E-state index is 0.0643. The molecular formula is C17H22N2O2. The van der Waals surface area contributed by atoms with Crippen molar-refractivity contribution in [3.05, 3.63) is 48.3 Å². The van der Waals surface area contributed by atoms with E-state index < -0.39 is 0 Å². The number of fused-ring (bicyclic) bond motifs is 1. The molecule has 0 aliphatic carbocycles. The van der Waals surface area contributed by atoms with Crippen LogP contribution in [-0.4, -0.2) is 23.8 Å². The smallest absolute Gasteiger partial charge is 0.161 e. The molecule has 0 bridgehead atoms. The molecule has 1 aliphatic heterocycles. The maximum absolute atomic E-state index is 5.93. The Morgan fingerprint density at radius 3 is 2.90 bits per heavy atom. The van der Waals surface area contributed by atoms with E-state index in [-0.39, 0.29) is 6.10 Å². The molecule has 0 radical (unpaired) electrons. The van der Waals surface area contributed by atoms with Crippen LogP contribution in [0.25, 0.3) is 0 Å². The van der Waals surface area contributed by atoms with E-state index in [9.17, 15) is 0 Å². The van der Waals surface area contributed by atoms with Gasteiger partial charge in [-0.1, -0.05) is 19.1 Å². The number of hydrogen-bond acceptors (Lipinski definition) is 3. The van der Waals surface area contributed by atoms with Gasteiger partial charge in [-0.05, 0) is 30.7 Å². The summed E-state index contributed by atoms with van der Waals surface area (Å²) in [7, 11) is 0. The average Bonchev–Trinajstić information content (AvgIpc) is 2.95. The first kappa shape index (κ1) is 14.0. The monoisotopic (exact) mass is 286 g/mol. The second-order valence-corrected chi connectivity index (χ2v) is 5.32. The summed E-state index contributed by atoms with van der Waals surface area (Å²) in [5, 5.41) is 3.46. The second-order valence-electron chi connectivity index (χ2n) is 5.32. The molecule has 1 atom stereocenters. The number of benzene rings is 1. The third-order valence-corrected chi connectivity index (χ3v) is 3.63. The van der Waals surface area contributed by atoms with Gasteiger partial charge in [0.1, 0.15) is 12.7 Å². The Balaban J connectivity index is 1.49. The van der Waals surface area contributed by atoms with E-state index in [1.54, 1.807) is 0 Å². The van der Waals surface area contributed by atoms with E-state index in [2.05, 4.69) is 35.1 Å². The topological polar surface area (TPSA) is 35.4 Å². The van der Waals surface area contributed by atoms with Crippen molar-refractivity contribution < 1.29 is 9.47 Å². The third-order valence-electron chi connectivity index (χ3n) is 3.63. The normalized spacial score (nSPS) is 16.9. The van der Waals surface area contributed by atoms with Crippen LogP contribution in [0.3, 0.4) is 0 Å². The summed E-state index contributed by atoms with van der Waals surface area (Å²) in [6, 6.07) is 12.1. The molecule has 3 rings (SSSR count). The van der Waals surface area contributed by atoms with Crippen LogP contribution < -0.4 is 14.8 Å². The number of nitrogens with zero attached hydrogens (tertiary/aromatic N) is 1. The number of aryl methyl sites for hydroxylation is 1. The standard InChI is InChI=1S/C17H22N2O2/c1-2-9-19-10-5-6-14(19)11-18-12-15-13-20-16-7-3-4-8-17(16)21-15/h3-8,10,15,18H,2,9,11-13H2,1H3. The van der Waals surface area contributed by atoms with Crippen molar-refractivity contribution >= 4 is 0 Å². The molecule has 0 saturated heterocycles. The van der Waals surface area contributed by atoms with Crippen molar-refractivity contribution in [2.45, 2.75) is 32.5 Å². The zero-order chi connectivity index (χ0) is 14.5. The average molecular weight is 286 g/mol. The number of hydrogen-bond donors (Lipinski definition) is 1. The molecule has 4 heteroatoms. The zero-order valence-electron chi connectivity index (χ0n) is 12.4. The summed E-state index contributed by atoms with van der Waals surface area (Å²) in [5.41, 5.74) is 1.31. The molecule has 0 fully saturated rings. The van der Waals surface area contributed by atoms with Gasteiger partial charge >= 0.3 is 0 Å². The van der Waals surface area contributed by atoms with Crippen molar-refractivity contribution in [3.8, 4) is 11.5 Å². The van der Waals surface area contributed by atoms with E-state index in [0.29, 0.717) is 6.61 Å². The van der Waals surface area contributed by atoms with Gasteiger partial charge in [0.25, 0.3) is 0 Å². The largest absolute Gasteiger partial charge is 0.486 e. The van der Waals surface area contributed by atoms with E-state index in [1.165, 1.54) is 5.69 Å².